The van der Waals surface area contributed by atoms with Gasteiger partial charge < -0.3 is 5.32 Å². The largest absolute Gasteiger partial charge is 0.323 e. The molecule has 0 aliphatic heterocycles. The van der Waals surface area contributed by atoms with Gasteiger partial charge in [-0.2, -0.15) is 4.72 Å². The second-order valence-electron chi connectivity index (χ2n) is 5.03. The van der Waals surface area contributed by atoms with Crippen molar-refractivity contribution in [3.8, 4) is 0 Å². The lowest BCUT2D eigenvalue weighted by Crippen LogP contribution is -2.41. The smallest absolute Gasteiger partial charge is 0.242 e. The maximum atomic E-state index is 12.3. The number of hydrogen-bond acceptors (Lipinski definition) is 3. The SMILES string of the molecule is CC(NS(=O)(=O)c1ccc(Br)cc1)C(=O)Nc1cc(Cl)c(Cl)cc1Cl. The van der Waals surface area contributed by atoms with Crippen molar-refractivity contribution in [1.82, 2.24) is 4.72 Å². The normalized spacial score (nSPS) is 12.7. The monoisotopic (exact) mass is 484 g/mol. The molecular weight excluding hydrogens is 475 g/mol. The highest BCUT2D eigenvalue weighted by atomic mass is 79.9. The van der Waals surface area contributed by atoms with Gasteiger partial charge in [-0.1, -0.05) is 50.7 Å². The zero-order valence-electron chi connectivity index (χ0n) is 12.7. The number of halogens is 4. The van der Waals surface area contributed by atoms with E-state index in [-0.39, 0.29) is 25.7 Å². The fraction of sp³-hybridized carbons (Fsp3) is 0.133. The number of hydrogen-bond donors (Lipinski definition) is 2. The van der Waals surface area contributed by atoms with Gasteiger partial charge in [0.25, 0.3) is 0 Å². The van der Waals surface area contributed by atoms with Crippen LogP contribution in [0, 0.1) is 0 Å². The van der Waals surface area contributed by atoms with Crippen LogP contribution in [-0.2, 0) is 14.8 Å². The minimum Gasteiger partial charge on any atom is -0.323 e. The van der Waals surface area contributed by atoms with Gasteiger partial charge in [-0.3, -0.25) is 4.79 Å². The van der Waals surface area contributed by atoms with Crippen molar-refractivity contribution in [2.45, 2.75) is 17.9 Å². The fourth-order valence-electron chi connectivity index (χ4n) is 1.83. The van der Waals surface area contributed by atoms with Crippen molar-refractivity contribution in [1.29, 1.82) is 0 Å². The summed E-state index contributed by atoms with van der Waals surface area (Å²) in [5.41, 5.74) is 0.232. The fourth-order valence-corrected chi connectivity index (χ4v) is 3.89. The van der Waals surface area contributed by atoms with E-state index in [9.17, 15) is 13.2 Å². The molecule has 2 N–H and O–H groups in total. The van der Waals surface area contributed by atoms with Gasteiger partial charge in [-0.25, -0.2) is 8.42 Å². The molecule has 0 saturated carbocycles. The van der Waals surface area contributed by atoms with E-state index >= 15 is 0 Å². The van der Waals surface area contributed by atoms with Crippen molar-refractivity contribution in [3.05, 3.63) is 55.9 Å². The van der Waals surface area contributed by atoms with Crippen molar-refractivity contribution in [3.63, 3.8) is 0 Å². The Morgan fingerprint density at radius 2 is 1.60 bits per heavy atom. The number of carbonyl (C=O) groups is 1. The lowest BCUT2D eigenvalue weighted by molar-refractivity contribution is -0.117. The third kappa shape index (κ3) is 5.32. The molecule has 2 aromatic carbocycles. The summed E-state index contributed by atoms with van der Waals surface area (Å²) in [4.78, 5) is 12.3. The summed E-state index contributed by atoms with van der Waals surface area (Å²) >= 11 is 20.9. The lowest BCUT2D eigenvalue weighted by atomic mass is 10.3. The average Bonchev–Trinajstić information content (AvgIpc) is 2.52. The first-order valence-electron chi connectivity index (χ1n) is 6.83. The Kier molecular flexibility index (Phi) is 6.75. The van der Waals surface area contributed by atoms with Crippen LogP contribution in [0.2, 0.25) is 15.1 Å². The molecule has 0 spiro atoms. The molecule has 10 heteroatoms. The standard InChI is InChI=1S/C15H12BrCl3N2O3S/c1-8(21-25(23,24)10-4-2-9(16)3-5-10)15(22)20-14-7-12(18)11(17)6-13(14)19/h2-8,21H,1H3,(H,20,22). The topological polar surface area (TPSA) is 75.3 Å². The van der Waals surface area contributed by atoms with Crippen LogP contribution < -0.4 is 10.0 Å². The molecule has 0 bridgehead atoms. The van der Waals surface area contributed by atoms with Gasteiger partial charge in [0.1, 0.15) is 0 Å². The molecule has 0 radical (unpaired) electrons. The molecule has 1 atom stereocenters. The first-order valence-corrected chi connectivity index (χ1v) is 10.2. The molecule has 0 aromatic heterocycles. The summed E-state index contributed by atoms with van der Waals surface area (Å²) in [7, 11) is -3.85. The third-order valence-corrected chi connectivity index (χ3v) is 6.24. The van der Waals surface area contributed by atoms with E-state index in [1.807, 2.05) is 0 Å². The van der Waals surface area contributed by atoms with Crippen LogP contribution in [0.15, 0.2) is 45.8 Å². The Hall–Kier alpha value is -0.830. The Morgan fingerprint density at radius 1 is 1.04 bits per heavy atom. The molecule has 1 unspecified atom stereocenters. The second kappa shape index (κ2) is 8.24. The second-order valence-corrected chi connectivity index (χ2v) is 8.88. The Bertz CT molecular complexity index is 905. The lowest BCUT2D eigenvalue weighted by Gasteiger charge is -2.15. The number of benzene rings is 2. The molecule has 2 rings (SSSR count). The van der Waals surface area contributed by atoms with E-state index in [1.54, 1.807) is 12.1 Å². The number of amides is 1. The van der Waals surface area contributed by atoms with Gasteiger partial charge in [-0.05, 0) is 43.3 Å². The highest BCUT2D eigenvalue weighted by Crippen LogP contribution is 2.32. The zero-order chi connectivity index (χ0) is 18.8. The van der Waals surface area contributed by atoms with Crippen molar-refractivity contribution in [2.75, 3.05) is 5.32 Å². The van der Waals surface area contributed by atoms with E-state index in [4.69, 9.17) is 34.8 Å². The number of rotatable bonds is 5. The number of sulfonamides is 1. The van der Waals surface area contributed by atoms with Crippen LogP contribution in [0.25, 0.3) is 0 Å². The Balaban J connectivity index is 2.12. The van der Waals surface area contributed by atoms with E-state index in [1.165, 1.54) is 31.2 Å². The van der Waals surface area contributed by atoms with Crippen LogP contribution in [0.4, 0.5) is 5.69 Å². The Labute approximate surface area is 168 Å². The highest BCUT2D eigenvalue weighted by molar-refractivity contribution is 9.10. The molecule has 0 aliphatic rings. The zero-order valence-corrected chi connectivity index (χ0v) is 17.4. The highest BCUT2D eigenvalue weighted by Gasteiger charge is 2.22. The summed E-state index contributed by atoms with van der Waals surface area (Å²) in [6, 6.07) is 7.76. The van der Waals surface area contributed by atoms with Gasteiger partial charge >= 0.3 is 0 Å². The third-order valence-electron chi connectivity index (χ3n) is 3.12. The van der Waals surface area contributed by atoms with Gasteiger partial charge in [-0.15, -0.1) is 0 Å². The minimum absolute atomic E-state index is 0.0444. The maximum Gasteiger partial charge on any atom is 0.242 e. The van der Waals surface area contributed by atoms with Crippen LogP contribution in [0.5, 0.6) is 0 Å². The van der Waals surface area contributed by atoms with Crippen molar-refractivity contribution < 1.29 is 13.2 Å². The van der Waals surface area contributed by atoms with Gasteiger partial charge in [0.05, 0.1) is 31.7 Å². The molecule has 25 heavy (non-hydrogen) atoms. The summed E-state index contributed by atoms with van der Waals surface area (Å²) in [6.07, 6.45) is 0. The molecule has 0 saturated heterocycles. The van der Waals surface area contributed by atoms with Crippen LogP contribution >= 0.6 is 50.7 Å². The first-order chi connectivity index (χ1) is 11.6. The number of carbonyl (C=O) groups excluding carboxylic acids is 1. The number of nitrogens with one attached hydrogen (secondary N) is 2. The molecular formula is C15H12BrCl3N2O3S. The van der Waals surface area contributed by atoms with Gasteiger partial charge in [0.2, 0.25) is 15.9 Å². The predicted molar refractivity (Wildman–Crippen MR) is 104 cm³/mol. The van der Waals surface area contributed by atoms with Crippen LogP contribution in [0.3, 0.4) is 0 Å². The van der Waals surface area contributed by atoms with Crippen molar-refractivity contribution in [2.24, 2.45) is 0 Å². The van der Waals surface area contributed by atoms with Crippen molar-refractivity contribution >= 4 is 72.4 Å². The van der Waals surface area contributed by atoms with E-state index in [0.29, 0.717) is 0 Å². The van der Waals surface area contributed by atoms with Gasteiger partial charge in [0, 0.05) is 4.47 Å². The summed E-state index contributed by atoms with van der Waals surface area (Å²) in [5, 5.41) is 3.16. The van der Waals surface area contributed by atoms with Crippen LogP contribution in [0.1, 0.15) is 6.92 Å². The quantitative estimate of drug-likeness (QED) is 0.601. The minimum atomic E-state index is -3.85. The van der Waals surface area contributed by atoms with E-state index < -0.39 is 22.0 Å². The summed E-state index contributed by atoms with van der Waals surface area (Å²) in [5.74, 6) is -0.596. The summed E-state index contributed by atoms with van der Waals surface area (Å²) in [6.45, 7) is 1.41. The molecule has 5 nitrogen and oxygen atoms in total. The Morgan fingerprint density at radius 3 is 2.20 bits per heavy atom. The molecule has 0 fully saturated rings. The molecule has 134 valence electrons. The summed E-state index contributed by atoms with van der Waals surface area (Å²) < 4.78 is 27.7. The van der Waals surface area contributed by atoms with Gasteiger partial charge in [0.15, 0.2) is 0 Å². The molecule has 1 amide bonds. The number of anilines is 1. The predicted octanol–water partition coefficient (Wildman–Crippen LogP) is 4.71. The van der Waals surface area contributed by atoms with E-state index in [0.717, 1.165) is 4.47 Å². The molecule has 0 heterocycles. The molecule has 0 aliphatic carbocycles. The first kappa shape index (κ1) is 20.5. The van der Waals surface area contributed by atoms with Crippen LogP contribution in [-0.4, -0.2) is 20.4 Å². The average molecular weight is 487 g/mol. The van der Waals surface area contributed by atoms with E-state index in [2.05, 4.69) is 26.0 Å². The maximum absolute atomic E-state index is 12.3. The molecule has 2 aromatic rings.